The van der Waals surface area contributed by atoms with Crippen LogP contribution in [0.4, 0.5) is 11.4 Å². The van der Waals surface area contributed by atoms with Gasteiger partial charge in [0.1, 0.15) is 19.4 Å². The van der Waals surface area contributed by atoms with Crippen molar-refractivity contribution in [1.82, 2.24) is 5.32 Å². The summed E-state index contributed by atoms with van der Waals surface area (Å²) in [6, 6.07) is 8.26. The van der Waals surface area contributed by atoms with Crippen LogP contribution < -0.4 is 20.1 Å². The van der Waals surface area contributed by atoms with Crippen molar-refractivity contribution in [3.63, 3.8) is 0 Å². The van der Waals surface area contributed by atoms with Crippen molar-refractivity contribution < 1.29 is 19.2 Å². The summed E-state index contributed by atoms with van der Waals surface area (Å²) in [5.41, 5.74) is 2.24. The molecule has 0 saturated carbocycles. The minimum atomic E-state index is -0.739. The summed E-state index contributed by atoms with van der Waals surface area (Å²) < 4.78 is 10.9. The van der Waals surface area contributed by atoms with Crippen LogP contribution >= 0.6 is 0 Å². The molecule has 2 aliphatic rings. The van der Waals surface area contributed by atoms with Crippen LogP contribution in [0.5, 0.6) is 11.5 Å². The third-order valence-corrected chi connectivity index (χ3v) is 4.28. The molecule has 0 radical (unpaired) electrons. The molecule has 2 aliphatic heterocycles. The smallest absolute Gasteiger partial charge is 0.280 e. The third-order valence-electron chi connectivity index (χ3n) is 4.28. The van der Waals surface area contributed by atoms with Crippen molar-refractivity contribution in [2.24, 2.45) is 0 Å². The molecule has 128 valence electrons. The molecule has 8 nitrogen and oxygen atoms in total. The van der Waals surface area contributed by atoms with E-state index in [-0.39, 0.29) is 11.6 Å². The van der Waals surface area contributed by atoms with Crippen molar-refractivity contribution in [2.45, 2.75) is 13.1 Å². The Morgan fingerprint density at radius 2 is 1.88 bits per heavy atom. The van der Waals surface area contributed by atoms with Gasteiger partial charge in [0.15, 0.2) is 11.5 Å². The molecule has 0 fully saturated rings. The van der Waals surface area contributed by atoms with Gasteiger partial charge in [-0.25, -0.2) is 0 Å². The lowest BCUT2D eigenvalue weighted by molar-refractivity contribution is -0.385. The molecule has 0 aromatic heterocycles. The first-order valence-electron chi connectivity index (χ1n) is 7.79. The van der Waals surface area contributed by atoms with Crippen LogP contribution in [0.2, 0.25) is 0 Å². The average molecular weight is 341 g/mol. The molecule has 25 heavy (non-hydrogen) atoms. The van der Waals surface area contributed by atoms with Gasteiger partial charge in [-0.1, -0.05) is 12.1 Å². The zero-order valence-corrected chi connectivity index (χ0v) is 13.4. The zero-order chi connectivity index (χ0) is 17.6. The topological polar surface area (TPSA) is 103 Å². The first-order chi connectivity index (χ1) is 12.0. The number of hydrogen-bond acceptors (Lipinski definition) is 6. The molecule has 0 spiro atoms. The molecule has 0 aliphatic carbocycles. The maximum absolute atomic E-state index is 12.4. The maximum atomic E-state index is 12.4. The number of para-hydroxylation sites is 1. The van der Waals surface area contributed by atoms with Gasteiger partial charge in [0, 0.05) is 0 Å². The van der Waals surface area contributed by atoms with Gasteiger partial charge < -0.3 is 20.1 Å². The molecule has 8 heteroatoms. The monoisotopic (exact) mass is 341 g/mol. The predicted molar refractivity (Wildman–Crippen MR) is 89.1 cm³/mol. The number of benzene rings is 2. The Morgan fingerprint density at radius 3 is 2.60 bits per heavy atom. The lowest BCUT2D eigenvalue weighted by Gasteiger charge is -2.30. The first-order valence-corrected chi connectivity index (χ1v) is 7.79. The Labute approximate surface area is 142 Å². The third kappa shape index (κ3) is 2.51. The van der Waals surface area contributed by atoms with E-state index >= 15 is 0 Å². The summed E-state index contributed by atoms with van der Waals surface area (Å²) in [4.78, 5) is 23.4. The van der Waals surface area contributed by atoms with Crippen LogP contribution in [0.1, 0.15) is 27.7 Å². The molecule has 0 unspecified atom stereocenters. The van der Waals surface area contributed by atoms with Crippen LogP contribution in [0.25, 0.3) is 0 Å². The number of nitro groups is 1. The summed E-state index contributed by atoms with van der Waals surface area (Å²) in [7, 11) is 0. The number of hydrogen-bond donors (Lipinski definition) is 2. The van der Waals surface area contributed by atoms with Crippen LogP contribution in [0, 0.1) is 17.0 Å². The number of anilines is 1. The molecular formula is C17H15N3O5. The van der Waals surface area contributed by atoms with E-state index < -0.39 is 11.1 Å². The Kier molecular flexibility index (Phi) is 3.45. The number of nitrogens with zero attached hydrogens (tertiary/aromatic N) is 1. The van der Waals surface area contributed by atoms with Gasteiger partial charge in [-0.2, -0.15) is 0 Å². The number of nitro benzene ring substituents is 1. The van der Waals surface area contributed by atoms with Crippen molar-refractivity contribution in [3.8, 4) is 11.5 Å². The van der Waals surface area contributed by atoms with Crippen molar-refractivity contribution in [1.29, 1.82) is 0 Å². The molecule has 0 saturated heterocycles. The quantitative estimate of drug-likeness (QED) is 0.643. The number of amides is 1. The molecule has 4 rings (SSSR count). The molecular weight excluding hydrogens is 326 g/mol. The summed E-state index contributed by atoms with van der Waals surface area (Å²) in [5.74, 6) is 0.477. The van der Waals surface area contributed by atoms with Gasteiger partial charge in [-0.15, -0.1) is 0 Å². The Hall–Kier alpha value is -3.29. The number of rotatable bonds is 2. The fourth-order valence-electron chi connectivity index (χ4n) is 3.08. The molecule has 2 aromatic carbocycles. The van der Waals surface area contributed by atoms with E-state index in [4.69, 9.17) is 9.47 Å². The highest BCUT2D eigenvalue weighted by Crippen LogP contribution is 2.40. The van der Waals surface area contributed by atoms with E-state index in [1.807, 2.05) is 13.0 Å². The second kappa shape index (κ2) is 5.66. The highest BCUT2D eigenvalue weighted by Gasteiger charge is 2.32. The Bertz CT molecular complexity index is 896. The van der Waals surface area contributed by atoms with Crippen molar-refractivity contribution in [3.05, 3.63) is 57.1 Å². The average Bonchev–Trinajstić information content (AvgIpc) is 2.61. The number of carbonyl (C=O) groups is 1. The number of nitrogens with one attached hydrogen (secondary N) is 2. The Morgan fingerprint density at radius 1 is 1.16 bits per heavy atom. The minimum Gasteiger partial charge on any atom is -0.486 e. The predicted octanol–water partition coefficient (Wildman–Crippen LogP) is 2.53. The van der Waals surface area contributed by atoms with E-state index in [0.29, 0.717) is 41.5 Å². The number of carbonyl (C=O) groups excluding carboxylic acids is 1. The van der Waals surface area contributed by atoms with Crippen LogP contribution in [0.3, 0.4) is 0 Å². The second-order valence-corrected chi connectivity index (χ2v) is 5.86. The van der Waals surface area contributed by atoms with E-state index in [1.54, 1.807) is 18.2 Å². The molecule has 2 heterocycles. The lowest BCUT2D eigenvalue weighted by atomic mass is 10.0. The van der Waals surface area contributed by atoms with Gasteiger partial charge in [0.05, 0.1) is 27.8 Å². The first kappa shape index (κ1) is 15.3. The van der Waals surface area contributed by atoms with E-state index in [0.717, 1.165) is 5.56 Å². The number of ether oxygens (including phenoxy) is 2. The second-order valence-electron chi connectivity index (χ2n) is 5.86. The number of aryl methyl sites for hydroxylation is 1. The van der Waals surface area contributed by atoms with E-state index in [1.165, 1.54) is 6.07 Å². The molecule has 0 bridgehead atoms. The number of fused-ring (bicyclic) bond motifs is 2. The van der Waals surface area contributed by atoms with Crippen molar-refractivity contribution >= 4 is 17.3 Å². The summed E-state index contributed by atoms with van der Waals surface area (Å²) in [6.45, 7) is 2.59. The Balaban J connectivity index is 1.81. The largest absolute Gasteiger partial charge is 0.486 e. The molecule has 1 atom stereocenters. The van der Waals surface area contributed by atoms with E-state index in [9.17, 15) is 14.9 Å². The SMILES string of the molecule is Cc1cccc2c1N[C@H](c1cc3c(cc1[N+](=O)[O-])OCCO3)NC2=O. The highest BCUT2D eigenvalue weighted by atomic mass is 16.6. The fraction of sp³-hybridized carbons (Fsp3) is 0.235. The van der Waals surface area contributed by atoms with Crippen LogP contribution in [0.15, 0.2) is 30.3 Å². The normalized spacial score (nSPS) is 18.0. The van der Waals surface area contributed by atoms with E-state index in [2.05, 4.69) is 10.6 Å². The van der Waals surface area contributed by atoms with Crippen molar-refractivity contribution in [2.75, 3.05) is 18.5 Å². The minimum absolute atomic E-state index is 0.140. The van der Waals surface area contributed by atoms with Gasteiger partial charge in [0.25, 0.3) is 11.6 Å². The molecule has 2 N–H and O–H groups in total. The fourth-order valence-corrected chi connectivity index (χ4v) is 3.08. The summed E-state index contributed by atoms with van der Waals surface area (Å²) >= 11 is 0. The zero-order valence-electron chi connectivity index (χ0n) is 13.4. The summed E-state index contributed by atoms with van der Waals surface area (Å²) in [5, 5.41) is 17.5. The van der Waals surface area contributed by atoms with Gasteiger partial charge >= 0.3 is 0 Å². The van der Waals surface area contributed by atoms with Gasteiger partial charge in [-0.3, -0.25) is 14.9 Å². The van der Waals surface area contributed by atoms with Gasteiger partial charge in [0.2, 0.25) is 0 Å². The molecule has 1 amide bonds. The standard InChI is InChI=1S/C17H15N3O5/c1-9-3-2-4-10-15(9)18-16(19-17(10)21)11-7-13-14(25-6-5-24-13)8-12(11)20(22)23/h2-4,7-8,16,18H,5-6H2,1H3,(H,19,21)/t16-/m0/s1. The van der Waals surface area contributed by atoms with Crippen LogP contribution in [-0.4, -0.2) is 24.0 Å². The lowest BCUT2D eigenvalue weighted by Crippen LogP contribution is -2.39. The highest BCUT2D eigenvalue weighted by molar-refractivity contribution is 6.02. The molecule has 2 aromatic rings. The van der Waals surface area contributed by atoms with Gasteiger partial charge in [-0.05, 0) is 24.6 Å². The summed E-state index contributed by atoms with van der Waals surface area (Å²) in [6.07, 6.45) is -0.739. The van der Waals surface area contributed by atoms with Crippen LogP contribution in [-0.2, 0) is 0 Å². The maximum Gasteiger partial charge on any atom is 0.280 e.